The van der Waals surface area contributed by atoms with Crippen LogP contribution in [0.2, 0.25) is 0 Å². The smallest absolute Gasteiger partial charge is 0.506 e. The van der Waals surface area contributed by atoms with Crippen LogP contribution in [0.4, 0.5) is 13.2 Å². The number of phenolic OH excluding ortho intramolecular Hbond substituents is 1. The normalized spacial score (nSPS) is 11.2. The number of methoxy groups -OCH3 is 2. The summed E-state index contributed by atoms with van der Waals surface area (Å²) < 4.78 is 52.6. The van der Waals surface area contributed by atoms with Gasteiger partial charge in [-0.15, -0.1) is 13.2 Å². The third-order valence-corrected chi connectivity index (χ3v) is 4.78. The summed E-state index contributed by atoms with van der Waals surface area (Å²) in [4.78, 5) is 25.2. The van der Waals surface area contributed by atoms with E-state index < -0.39 is 35.4 Å². The topological polar surface area (TPSA) is 99.9 Å². The number of phenols is 1. The summed E-state index contributed by atoms with van der Waals surface area (Å²) >= 11 is 2.95. The second-order valence-corrected chi connectivity index (χ2v) is 7.01. The molecule has 0 aliphatic rings. The number of esters is 2. The van der Waals surface area contributed by atoms with E-state index in [1.54, 1.807) is 30.3 Å². The average Bonchev–Trinajstić information content (AvgIpc) is 3.15. The molecule has 3 aromatic rings. The van der Waals surface area contributed by atoms with Crippen molar-refractivity contribution in [2.24, 2.45) is 0 Å². The second kappa shape index (κ2) is 8.91. The van der Waals surface area contributed by atoms with Gasteiger partial charge in [0.25, 0.3) is 0 Å². The van der Waals surface area contributed by atoms with Gasteiger partial charge in [0, 0.05) is 5.56 Å². The number of aromatic hydroxyl groups is 1. The van der Waals surface area contributed by atoms with Crippen molar-refractivity contribution in [1.29, 1.82) is 0 Å². The molecule has 32 heavy (non-hydrogen) atoms. The molecule has 0 fully saturated rings. The highest BCUT2D eigenvalue weighted by Crippen LogP contribution is 2.42. The second-order valence-electron chi connectivity index (χ2n) is 6.15. The van der Waals surface area contributed by atoms with Gasteiger partial charge in [0.1, 0.15) is 22.8 Å². The number of carbonyl (C=O) groups is 2. The SMILES string of the molecule is COC(=O)c1c(-c2cc(OC(F)(F)F)cc(Br)c2O)nn(-c2ccccc2)c1C(=O)OC. The maximum Gasteiger partial charge on any atom is 0.573 e. The van der Waals surface area contributed by atoms with Gasteiger partial charge in [-0.2, -0.15) is 5.10 Å². The zero-order valence-electron chi connectivity index (χ0n) is 16.4. The first-order valence-electron chi connectivity index (χ1n) is 8.71. The molecule has 8 nitrogen and oxygen atoms in total. The number of hydrogen-bond acceptors (Lipinski definition) is 7. The first-order valence-corrected chi connectivity index (χ1v) is 9.50. The summed E-state index contributed by atoms with van der Waals surface area (Å²) in [6.07, 6.45) is -5.01. The van der Waals surface area contributed by atoms with Gasteiger partial charge in [-0.25, -0.2) is 14.3 Å². The Labute approximate surface area is 187 Å². The molecule has 0 radical (unpaired) electrons. The third kappa shape index (κ3) is 4.54. The summed E-state index contributed by atoms with van der Waals surface area (Å²) in [6.45, 7) is 0. The molecule has 0 amide bonds. The van der Waals surface area contributed by atoms with Crippen molar-refractivity contribution in [3.05, 3.63) is 58.2 Å². The summed E-state index contributed by atoms with van der Waals surface area (Å²) in [5.74, 6) is -3.23. The lowest BCUT2D eigenvalue weighted by Gasteiger charge is -2.12. The zero-order chi connectivity index (χ0) is 23.6. The van der Waals surface area contributed by atoms with Crippen molar-refractivity contribution >= 4 is 27.9 Å². The van der Waals surface area contributed by atoms with Crippen molar-refractivity contribution in [2.45, 2.75) is 6.36 Å². The number of para-hydroxylation sites is 1. The van der Waals surface area contributed by atoms with Gasteiger partial charge in [-0.1, -0.05) is 18.2 Å². The Morgan fingerprint density at radius 1 is 1.06 bits per heavy atom. The minimum atomic E-state index is -5.01. The van der Waals surface area contributed by atoms with Crippen LogP contribution >= 0.6 is 15.9 Å². The van der Waals surface area contributed by atoms with Crippen LogP contribution in [0.3, 0.4) is 0 Å². The molecule has 0 atom stereocenters. The molecule has 1 heterocycles. The quantitative estimate of drug-likeness (QED) is 0.501. The van der Waals surface area contributed by atoms with Crippen LogP contribution in [0.5, 0.6) is 11.5 Å². The van der Waals surface area contributed by atoms with E-state index in [2.05, 4.69) is 25.8 Å². The molecule has 1 aromatic heterocycles. The molecule has 3 rings (SSSR count). The van der Waals surface area contributed by atoms with Crippen LogP contribution in [-0.4, -0.2) is 47.4 Å². The Hall–Kier alpha value is -3.54. The standard InChI is InChI=1S/C20H14BrF3N2O6/c1-30-18(28)14-15(12-8-11(32-20(22,23)24)9-13(21)17(12)27)25-26(16(14)19(29)31-2)10-6-4-3-5-7-10/h3-9,27H,1-2H3. The Balaban J connectivity index is 2.38. The molecule has 1 N–H and O–H groups in total. The molecule has 0 spiro atoms. The van der Waals surface area contributed by atoms with E-state index in [0.29, 0.717) is 5.69 Å². The van der Waals surface area contributed by atoms with E-state index in [1.165, 1.54) is 0 Å². The maximum atomic E-state index is 12.8. The molecule has 2 aromatic carbocycles. The number of benzene rings is 2. The van der Waals surface area contributed by atoms with Gasteiger partial charge in [0.2, 0.25) is 0 Å². The lowest BCUT2D eigenvalue weighted by Crippen LogP contribution is -2.17. The highest BCUT2D eigenvalue weighted by atomic mass is 79.9. The maximum absolute atomic E-state index is 12.8. The molecule has 0 aliphatic heterocycles. The predicted molar refractivity (Wildman–Crippen MR) is 108 cm³/mol. The Kier molecular flexibility index (Phi) is 6.44. The fourth-order valence-electron chi connectivity index (χ4n) is 2.89. The highest BCUT2D eigenvalue weighted by Gasteiger charge is 2.35. The number of aromatic nitrogens is 2. The zero-order valence-corrected chi connectivity index (χ0v) is 18.0. The molecule has 0 saturated carbocycles. The fraction of sp³-hybridized carbons (Fsp3) is 0.150. The lowest BCUT2D eigenvalue weighted by atomic mass is 10.0. The molecule has 0 unspecified atom stereocenters. The van der Waals surface area contributed by atoms with Gasteiger partial charge in [-0.3, -0.25) is 0 Å². The molecule has 168 valence electrons. The van der Waals surface area contributed by atoms with Crippen molar-refractivity contribution in [1.82, 2.24) is 9.78 Å². The molecule has 12 heteroatoms. The Morgan fingerprint density at radius 2 is 1.69 bits per heavy atom. The summed E-state index contributed by atoms with van der Waals surface area (Å²) in [7, 11) is 2.13. The first kappa shape index (κ1) is 23.1. The number of carbonyl (C=O) groups excluding carboxylic acids is 2. The minimum Gasteiger partial charge on any atom is -0.506 e. The molecule has 0 saturated heterocycles. The van der Waals surface area contributed by atoms with E-state index in [1.807, 2.05) is 0 Å². The molecular formula is C20H14BrF3N2O6. The molecule has 0 bridgehead atoms. The number of hydrogen-bond donors (Lipinski definition) is 1. The Bertz CT molecular complexity index is 1180. The minimum absolute atomic E-state index is 0.168. The van der Waals surface area contributed by atoms with E-state index in [-0.39, 0.29) is 21.4 Å². The van der Waals surface area contributed by atoms with E-state index in [4.69, 9.17) is 9.47 Å². The number of ether oxygens (including phenoxy) is 3. The molecule has 0 aliphatic carbocycles. The molecular weight excluding hydrogens is 501 g/mol. The lowest BCUT2D eigenvalue weighted by molar-refractivity contribution is -0.274. The first-order chi connectivity index (χ1) is 15.1. The van der Waals surface area contributed by atoms with E-state index in [0.717, 1.165) is 31.0 Å². The number of nitrogens with zero attached hydrogens (tertiary/aromatic N) is 2. The summed E-state index contributed by atoms with van der Waals surface area (Å²) in [5.41, 5.74) is -1.08. The van der Waals surface area contributed by atoms with E-state index in [9.17, 15) is 27.9 Å². The van der Waals surface area contributed by atoms with Crippen LogP contribution < -0.4 is 4.74 Å². The van der Waals surface area contributed by atoms with Gasteiger partial charge >= 0.3 is 18.3 Å². The predicted octanol–water partition coefficient (Wildman–Crippen LogP) is 4.48. The van der Waals surface area contributed by atoms with E-state index >= 15 is 0 Å². The van der Waals surface area contributed by atoms with Crippen LogP contribution in [-0.2, 0) is 9.47 Å². The highest BCUT2D eigenvalue weighted by molar-refractivity contribution is 9.10. The van der Waals surface area contributed by atoms with Gasteiger partial charge in [0.15, 0.2) is 5.69 Å². The Morgan fingerprint density at radius 3 is 2.25 bits per heavy atom. The number of alkyl halides is 3. The summed E-state index contributed by atoms with van der Waals surface area (Å²) in [5, 5.41) is 14.7. The largest absolute Gasteiger partial charge is 0.573 e. The van der Waals surface area contributed by atoms with Gasteiger partial charge in [0.05, 0.1) is 24.4 Å². The van der Waals surface area contributed by atoms with Crippen molar-refractivity contribution in [3.8, 4) is 28.4 Å². The fourth-order valence-corrected chi connectivity index (χ4v) is 3.33. The van der Waals surface area contributed by atoms with Crippen molar-refractivity contribution < 1.29 is 42.1 Å². The van der Waals surface area contributed by atoms with Gasteiger partial charge in [-0.05, 0) is 40.2 Å². The van der Waals surface area contributed by atoms with Gasteiger partial charge < -0.3 is 19.3 Å². The monoisotopic (exact) mass is 514 g/mol. The number of rotatable bonds is 5. The number of halogens is 4. The van der Waals surface area contributed by atoms with Crippen LogP contribution in [0, 0.1) is 0 Å². The van der Waals surface area contributed by atoms with Crippen LogP contribution in [0.1, 0.15) is 20.8 Å². The van der Waals surface area contributed by atoms with Crippen LogP contribution in [0.25, 0.3) is 16.9 Å². The van der Waals surface area contributed by atoms with Crippen molar-refractivity contribution in [2.75, 3.05) is 14.2 Å². The van der Waals surface area contributed by atoms with Crippen LogP contribution in [0.15, 0.2) is 46.9 Å². The summed E-state index contributed by atoms with van der Waals surface area (Å²) in [6, 6.07) is 9.85. The van der Waals surface area contributed by atoms with Crippen molar-refractivity contribution in [3.63, 3.8) is 0 Å². The average molecular weight is 515 g/mol. The third-order valence-electron chi connectivity index (χ3n) is 4.18.